The Labute approximate surface area is 82.5 Å². The summed E-state index contributed by atoms with van der Waals surface area (Å²) in [4.78, 5) is 21.7. The number of halogens is 1. The monoisotopic (exact) mass is 205 g/mol. The maximum atomic E-state index is 12.1. The van der Waals surface area contributed by atoms with Gasteiger partial charge in [-0.15, -0.1) is 0 Å². The van der Waals surface area contributed by atoms with Gasteiger partial charge in [0.05, 0.1) is 0 Å². The number of nitrogens with one attached hydrogen (secondary N) is 1. The van der Waals surface area contributed by atoms with E-state index in [9.17, 15) is 14.0 Å². The van der Waals surface area contributed by atoms with Crippen LogP contribution in [-0.4, -0.2) is 29.7 Å². The summed E-state index contributed by atoms with van der Waals surface area (Å²) in [5.74, 6) is -1.99. The fourth-order valence-electron chi connectivity index (χ4n) is 0.772. The number of rotatable bonds is 5. The molecule has 4 nitrogen and oxygen atoms in total. The molecule has 0 aromatic heterocycles. The molecule has 0 bridgehead atoms. The Balaban J connectivity index is 4.22. The Hall–Kier alpha value is -1.13. The molecule has 0 aliphatic carbocycles. The van der Waals surface area contributed by atoms with Gasteiger partial charge in [0.1, 0.15) is 6.67 Å². The number of alkyl halides is 1. The van der Waals surface area contributed by atoms with Crippen molar-refractivity contribution in [3.63, 3.8) is 0 Å². The third-order valence-corrected chi connectivity index (χ3v) is 2.18. The van der Waals surface area contributed by atoms with Gasteiger partial charge in [-0.3, -0.25) is 4.79 Å². The molecule has 0 aromatic carbocycles. The lowest BCUT2D eigenvalue weighted by Gasteiger charge is -2.17. The van der Waals surface area contributed by atoms with E-state index in [4.69, 9.17) is 5.11 Å². The first-order chi connectivity index (χ1) is 6.40. The molecule has 14 heavy (non-hydrogen) atoms. The molecule has 0 spiro atoms. The van der Waals surface area contributed by atoms with E-state index in [1.807, 2.05) is 13.8 Å². The lowest BCUT2D eigenvalue weighted by Crippen LogP contribution is -2.45. The van der Waals surface area contributed by atoms with E-state index in [0.29, 0.717) is 0 Å². The molecule has 0 aromatic rings. The van der Waals surface area contributed by atoms with Crippen LogP contribution in [0.2, 0.25) is 0 Å². The van der Waals surface area contributed by atoms with Crippen LogP contribution in [0.5, 0.6) is 0 Å². The lowest BCUT2D eigenvalue weighted by atomic mass is 9.97. The van der Waals surface area contributed by atoms with Crippen molar-refractivity contribution in [3.05, 3.63) is 0 Å². The summed E-state index contributed by atoms with van der Waals surface area (Å²) < 4.78 is 12.1. The van der Waals surface area contributed by atoms with Crippen LogP contribution in [-0.2, 0) is 9.59 Å². The fraction of sp³-hybridized carbons (Fsp3) is 0.778. The van der Waals surface area contributed by atoms with E-state index in [-0.39, 0.29) is 11.8 Å². The number of carbonyl (C=O) groups is 2. The fourth-order valence-corrected chi connectivity index (χ4v) is 0.772. The third-order valence-electron chi connectivity index (χ3n) is 2.18. The predicted octanol–water partition coefficient (Wildman–Crippen LogP) is 0.817. The zero-order valence-electron chi connectivity index (χ0n) is 8.58. The van der Waals surface area contributed by atoms with Crippen LogP contribution in [0.4, 0.5) is 4.39 Å². The molecule has 2 N–H and O–H groups in total. The van der Waals surface area contributed by atoms with E-state index in [1.54, 1.807) is 6.92 Å². The largest absolute Gasteiger partial charge is 0.480 e. The topological polar surface area (TPSA) is 66.4 Å². The number of carboxylic acid groups (broad SMARTS) is 1. The molecule has 0 fully saturated rings. The van der Waals surface area contributed by atoms with E-state index >= 15 is 0 Å². The van der Waals surface area contributed by atoms with Crippen molar-refractivity contribution in [1.29, 1.82) is 0 Å². The summed E-state index contributed by atoms with van der Waals surface area (Å²) in [6, 6.07) is -1.43. The van der Waals surface area contributed by atoms with Crippen LogP contribution in [0.25, 0.3) is 0 Å². The van der Waals surface area contributed by atoms with E-state index in [0.717, 1.165) is 0 Å². The summed E-state index contributed by atoms with van der Waals surface area (Å²) in [5, 5.41) is 10.6. The van der Waals surface area contributed by atoms with Crippen molar-refractivity contribution in [2.75, 3.05) is 6.67 Å². The predicted molar refractivity (Wildman–Crippen MR) is 49.5 cm³/mol. The minimum absolute atomic E-state index is 0.101. The maximum Gasteiger partial charge on any atom is 0.328 e. The molecule has 0 heterocycles. The molecule has 1 amide bonds. The normalized spacial score (nSPS) is 14.9. The first-order valence-electron chi connectivity index (χ1n) is 4.49. The minimum atomic E-state index is -1.43. The van der Waals surface area contributed by atoms with Gasteiger partial charge in [-0.1, -0.05) is 20.8 Å². The molecule has 0 saturated heterocycles. The second-order valence-corrected chi connectivity index (χ2v) is 3.59. The van der Waals surface area contributed by atoms with Crippen LogP contribution in [0, 0.1) is 11.8 Å². The van der Waals surface area contributed by atoms with E-state index in [2.05, 4.69) is 5.32 Å². The Morgan fingerprint density at radius 3 is 2.14 bits per heavy atom. The number of carbonyl (C=O) groups excluding carboxylic acids is 1. The highest BCUT2D eigenvalue weighted by atomic mass is 19.1. The Bertz CT molecular complexity index is 218. The molecule has 0 aliphatic heterocycles. The smallest absolute Gasteiger partial charge is 0.328 e. The van der Waals surface area contributed by atoms with E-state index in [1.165, 1.54) is 0 Å². The van der Waals surface area contributed by atoms with Gasteiger partial charge in [0.25, 0.3) is 0 Å². The van der Waals surface area contributed by atoms with Gasteiger partial charge >= 0.3 is 5.97 Å². The van der Waals surface area contributed by atoms with Crippen LogP contribution in [0.15, 0.2) is 0 Å². The first kappa shape index (κ1) is 12.9. The summed E-state index contributed by atoms with van der Waals surface area (Å²) in [6.07, 6.45) is 0. The van der Waals surface area contributed by atoms with Crippen LogP contribution >= 0.6 is 0 Å². The summed E-state index contributed by atoms with van der Waals surface area (Å²) >= 11 is 0. The SMILES string of the molecule is CC(C)C(C)C(=O)NC(CF)C(=O)O. The second-order valence-electron chi connectivity index (χ2n) is 3.59. The zero-order valence-corrected chi connectivity index (χ0v) is 8.58. The summed E-state index contributed by atoms with van der Waals surface area (Å²) in [7, 11) is 0. The van der Waals surface area contributed by atoms with Crippen molar-refractivity contribution in [1.82, 2.24) is 5.32 Å². The number of carboxylic acids is 1. The lowest BCUT2D eigenvalue weighted by molar-refractivity contribution is -0.143. The van der Waals surface area contributed by atoms with Crippen molar-refractivity contribution in [2.24, 2.45) is 11.8 Å². The second kappa shape index (κ2) is 5.57. The number of hydrogen-bond acceptors (Lipinski definition) is 2. The molecule has 2 unspecified atom stereocenters. The molecule has 0 radical (unpaired) electrons. The molecule has 5 heteroatoms. The minimum Gasteiger partial charge on any atom is -0.480 e. The maximum absolute atomic E-state index is 12.1. The van der Waals surface area contributed by atoms with Gasteiger partial charge in [0, 0.05) is 5.92 Å². The highest BCUT2D eigenvalue weighted by Crippen LogP contribution is 2.09. The molecule has 0 aliphatic rings. The van der Waals surface area contributed by atoms with Gasteiger partial charge in [0.2, 0.25) is 5.91 Å². The standard InChI is InChI=1S/C9H16FNO3/c1-5(2)6(3)8(12)11-7(4-10)9(13)14/h5-7H,4H2,1-3H3,(H,11,12)(H,13,14). The van der Waals surface area contributed by atoms with Crippen molar-refractivity contribution >= 4 is 11.9 Å². The Morgan fingerprint density at radius 1 is 1.36 bits per heavy atom. The van der Waals surface area contributed by atoms with Gasteiger partial charge in [-0.2, -0.15) is 0 Å². The molecule has 0 saturated carbocycles. The molecule has 2 atom stereocenters. The quantitative estimate of drug-likeness (QED) is 0.698. The highest BCUT2D eigenvalue weighted by molar-refractivity contribution is 5.84. The van der Waals surface area contributed by atoms with Crippen LogP contribution in [0.3, 0.4) is 0 Å². The average molecular weight is 205 g/mol. The number of hydrogen-bond donors (Lipinski definition) is 2. The van der Waals surface area contributed by atoms with Crippen LogP contribution in [0.1, 0.15) is 20.8 Å². The molecule has 82 valence electrons. The van der Waals surface area contributed by atoms with Crippen molar-refractivity contribution < 1.29 is 19.1 Å². The summed E-state index contributed by atoms with van der Waals surface area (Å²) in [6.45, 7) is 4.27. The third kappa shape index (κ3) is 3.72. The Kier molecular flexibility index (Phi) is 5.12. The molecule has 0 rings (SSSR count). The highest BCUT2D eigenvalue weighted by Gasteiger charge is 2.23. The number of amides is 1. The van der Waals surface area contributed by atoms with Gasteiger partial charge in [-0.05, 0) is 5.92 Å². The van der Waals surface area contributed by atoms with E-state index < -0.39 is 24.6 Å². The number of aliphatic carboxylic acids is 1. The summed E-state index contributed by atoms with van der Waals surface area (Å²) in [5.41, 5.74) is 0. The van der Waals surface area contributed by atoms with Crippen molar-refractivity contribution in [2.45, 2.75) is 26.8 Å². The van der Waals surface area contributed by atoms with Gasteiger partial charge < -0.3 is 10.4 Å². The zero-order chi connectivity index (χ0) is 11.3. The van der Waals surface area contributed by atoms with Gasteiger partial charge in [-0.25, -0.2) is 9.18 Å². The molecular weight excluding hydrogens is 189 g/mol. The molecular formula is C9H16FNO3. The van der Waals surface area contributed by atoms with Gasteiger partial charge in [0.15, 0.2) is 6.04 Å². The van der Waals surface area contributed by atoms with Crippen LogP contribution < -0.4 is 5.32 Å². The average Bonchev–Trinajstić information content (AvgIpc) is 2.11. The van der Waals surface area contributed by atoms with Crippen molar-refractivity contribution in [3.8, 4) is 0 Å². The first-order valence-corrected chi connectivity index (χ1v) is 4.49. The Morgan fingerprint density at radius 2 is 1.86 bits per heavy atom.